The first-order chi connectivity index (χ1) is 11.5. The van der Waals surface area contributed by atoms with E-state index in [2.05, 4.69) is 5.32 Å². The highest BCUT2D eigenvalue weighted by molar-refractivity contribution is 5.94. The Morgan fingerprint density at radius 2 is 1.92 bits per heavy atom. The molecule has 5 heteroatoms. The summed E-state index contributed by atoms with van der Waals surface area (Å²) < 4.78 is 18.6. The molecule has 2 aromatic rings. The monoisotopic (exact) mass is 329 g/mol. The highest BCUT2D eigenvalue weighted by Crippen LogP contribution is 2.26. The molecule has 24 heavy (non-hydrogen) atoms. The maximum absolute atomic E-state index is 12.9. The second-order valence-corrected chi connectivity index (χ2v) is 5.93. The fraction of sp³-hybridized carbons (Fsp3) is 0.263. The predicted molar refractivity (Wildman–Crippen MR) is 90.9 cm³/mol. The third kappa shape index (κ3) is 5.19. The van der Waals surface area contributed by atoms with Crippen LogP contribution in [0.15, 0.2) is 42.5 Å². The minimum absolute atomic E-state index is 0.106. The van der Waals surface area contributed by atoms with E-state index in [1.54, 1.807) is 30.3 Å². The van der Waals surface area contributed by atoms with Crippen molar-refractivity contribution in [1.82, 2.24) is 0 Å². The molecule has 126 valence electrons. The van der Waals surface area contributed by atoms with Crippen molar-refractivity contribution in [3.8, 4) is 5.75 Å². The Labute approximate surface area is 140 Å². The smallest absolute Gasteiger partial charge is 0.228 e. The number of ether oxygens (including phenoxy) is 1. The SMILES string of the molecule is CC(C)COc1ccc(C=O)cc1NC(=O)Cc1ccc(F)cc1. The Balaban J connectivity index is 2.11. The Morgan fingerprint density at radius 3 is 2.54 bits per heavy atom. The number of hydrogen-bond donors (Lipinski definition) is 1. The quantitative estimate of drug-likeness (QED) is 0.785. The van der Waals surface area contributed by atoms with Gasteiger partial charge in [-0.15, -0.1) is 0 Å². The number of rotatable bonds is 7. The summed E-state index contributed by atoms with van der Waals surface area (Å²) in [6.07, 6.45) is 0.817. The van der Waals surface area contributed by atoms with Gasteiger partial charge < -0.3 is 10.1 Å². The van der Waals surface area contributed by atoms with E-state index >= 15 is 0 Å². The van der Waals surface area contributed by atoms with E-state index in [1.807, 2.05) is 13.8 Å². The Bertz CT molecular complexity index is 711. The second kappa shape index (κ2) is 8.24. The highest BCUT2D eigenvalue weighted by atomic mass is 19.1. The minimum atomic E-state index is -0.345. The molecule has 0 atom stereocenters. The highest BCUT2D eigenvalue weighted by Gasteiger charge is 2.11. The maximum Gasteiger partial charge on any atom is 0.228 e. The fourth-order valence-electron chi connectivity index (χ4n) is 2.08. The van der Waals surface area contributed by atoms with E-state index in [4.69, 9.17) is 4.74 Å². The lowest BCUT2D eigenvalue weighted by Gasteiger charge is -2.14. The summed E-state index contributed by atoms with van der Waals surface area (Å²) in [7, 11) is 0. The number of amides is 1. The van der Waals surface area contributed by atoms with Crippen LogP contribution in [-0.2, 0) is 11.2 Å². The molecular weight excluding hydrogens is 309 g/mol. The molecule has 0 fully saturated rings. The van der Waals surface area contributed by atoms with Gasteiger partial charge in [0.2, 0.25) is 5.91 Å². The third-order valence-corrected chi connectivity index (χ3v) is 3.26. The van der Waals surface area contributed by atoms with Crippen LogP contribution in [0.3, 0.4) is 0 Å². The summed E-state index contributed by atoms with van der Waals surface area (Å²) >= 11 is 0. The first kappa shape index (κ1) is 17.7. The van der Waals surface area contributed by atoms with Gasteiger partial charge in [-0.2, -0.15) is 0 Å². The molecule has 0 aliphatic rings. The molecule has 0 heterocycles. The van der Waals surface area contributed by atoms with Gasteiger partial charge in [0.15, 0.2) is 0 Å². The summed E-state index contributed by atoms with van der Waals surface area (Å²) in [5.74, 6) is 0.238. The van der Waals surface area contributed by atoms with Gasteiger partial charge in [0.1, 0.15) is 17.9 Å². The van der Waals surface area contributed by atoms with Crippen LogP contribution in [0.1, 0.15) is 29.8 Å². The predicted octanol–water partition coefficient (Wildman–Crippen LogP) is 3.85. The Hall–Kier alpha value is -2.69. The number of nitrogens with one attached hydrogen (secondary N) is 1. The van der Waals surface area contributed by atoms with Crippen molar-refractivity contribution in [2.45, 2.75) is 20.3 Å². The van der Waals surface area contributed by atoms with E-state index in [1.165, 1.54) is 12.1 Å². The van der Waals surface area contributed by atoms with Gasteiger partial charge in [-0.25, -0.2) is 4.39 Å². The summed E-state index contributed by atoms with van der Waals surface area (Å²) in [4.78, 5) is 23.2. The zero-order valence-corrected chi connectivity index (χ0v) is 13.7. The lowest BCUT2D eigenvalue weighted by atomic mass is 10.1. The average Bonchev–Trinajstić information content (AvgIpc) is 2.55. The van der Waals surface area contributed by atoms with E-state index in [0.29, 0.717) is 41.4 Å². The van der Waals surface area contributed by atoms with Crippen LogP contribution >= 0.6 is 0 Å². The van der Waals surface area contributed by atoms with Crippen LogP contribution in [0.25, 0.3) is 0 Å². The van der Waals surface area contributed by atoms with Crippen molar-refractivity contribution in [2.75, 3.05) is 11.9 Å². The molecule has 0 saturated heterocycles. The largest absolute Gasteiger partial charge is 0.491 e. The lowest BCUT2D eigenvalue weighted by Crippen LogP contribution is -2.16. The molecule has 2 aromatic carbocycles. The van der Waals surface area contributed by atoms with Gasteiger partial charge in [0.25, 0.3) is 0 Å². The fourth-order valence-corrected chi connectivity index (χ4v) is 2.08. The molecule has 0 aliphatic heterocycles. The first-order valence-electron chi connectivity index (χ1n) is 7.74. The Morgan fingerprint density at radius 1 is 1.21 bits per heavy atom. The molecule has 0 spiro atoms. The van der Waals surface area contributed by atoms with Gasteiger partial charge >= 0.3 is 0 Å². The van der Waals surface area contributed by atoms with E-state index in [-0.39, 0.29) is 18.1 Å². The van der Waals surface area contributed by atoms with Crippen molar-refractivity contribution >= 4 is 17.9 Å². The van der Waals surface area contributed by atoms with Crippen molar-refractivity contribution in [1.29, 1.82) is 0 Å². The standard InChI is InChI=1S/C19H20FNO3/c1-13(2)12-24-18-8-5-15(11-22)9-17(18)21-19(23)10-14-3-6-16(20)7-4-14/h3-9,11,13H,10,12H2,1-2H3,(H,21,23). The molecule has 4 nitrogen and oxygen atoms in total. The molecule has 0 aromatic heterocycles. The van der Waals surface area contributed by atoms with Crippen LogP contribution in [0.2, 0.25) is 0 Å². The van der Waals surface area contributed by atoms with E-state index in [0.717, 1.165) is 0 Å². The number of hydrogen-bond acceptors (Lipinski definition) is 3. The van der Waals surface area contributed by atoms with Crippen molar-refractivity contribution < 1.29 is 18.7 Å². The molecule has 1 amide bonds. The van der Waals surface area contributed by atoms with Crippen LogP contribution in [0.5, 0.6) is 5.75 Å². The van der Waals surface area contributed by atoms with Gasteiger partial charge in [-0.05, 0) is 41.8 Å². The molecule has 0 radical (unpaired) electrons. The van der Waals surface area contributed by atoms with Crippen LogP contribution in [0.4, 0.5) is 10.1 Å². The van der Waals surface area contributed by atoms with Crippen LogP contribution in [0, 0.1) is 11.7 Å². The first-order valence-corrected chi connectivity index (χ1v) is 7.74. The zero-order chi connectivity index (χ0) is 17.5. The van der Waals surface area contributed by atoms with E-state index < -0.39 is 0 Å². The second-order valence-electron chi connectivity index (χ2n) is 5.93. The van der Waals surface area contributed by atoms with Crippen molar-refractivity contribution in [3.05, 3.63) is 59.4 Å². The summed E-state index contributed by atoms with van der Waals surface area (Å²) in [6, 6.07) is 10.6. The number of halogens is 1. The van der Waals surface area contributed by atoms with Crippen LogP contribution in [-0.4, -0.2) is 18.8 Å². The average molecular weight is 329 g/mol. The summed E-state index contributed by atoms with van der Waals surface area (Å²) in [5.41, 5.74) is 1.60. The lowest BCUT2D eigenvalue weighted by molar-refractivity contribution is -0.115. The number of carbonyl (C=O) groups is 2. The van der Waals surface area contributed by atoms with Gasteiger partial charge in [0.05, 0.1) is 18.7 Å². The molecule has 0 bridgehead atoms. The number of aldehydes is 1. The molecule has 0 unspecified atom stereocenters. The molecule has 0 aliphatic carbocycles. The number of anilines is 1. The molecule has 1 N–H and O–H groups in total. The normalized spacial score (nSPS) is 10.5. The van der Waals surface area contributed by atoms with Gasteiger partial charge in [0, 0.05) is 5.56 Å². The molecule has 2 rings (SSSR count). The molecule has 0 saturated carbocycles. The number of benzene rings is 2. The topological polar surface area (TPSA) is 55.4 Å². The van der Waals surface area contributed by atoms with Crippen molar-refractivity contribution in [3.63, 3.8) is 0 Å². The zero-order valence-electron chi connectivity index (χ0n) is 13.7. The van der Waals surface area contributed by atoms with Crippen molar-refractivity contribution in [2.24, 2.45) is 5.92 Å². The Kier molecular flexibility index (Phi) is 6.07. The van der Waals surface area contributed by atoms with Gasteiger partial charge in [-0.1, -0.05) is 26.0 Å². The summed E-state index contributed by atoms with van der Waals surface area (Å²) in [6.45, 7) is 4.54. The number of carbonyl (C=O) groups excluding carboxylic acids is 2. The van der Waals surface area contributed by atoms with E-state index in [9.17, 15) is 14.0 Å². The molecular formula is C19H20FNO3. The summed E-state index contributed by atoms with van der Waals surface area (Å²) in [5, 5.41) is 2.76. The van der Waals surface area contributed by atoms with Gasteiger partial charge in [-0.3, -0.25) is 9.59 Å². The third-order valence-electron chi connectivity index (χ3n) is 3.26. The maximum atomic E-state index is 12.9. The minimum Gasteiger partial charge on any atom is -0.491 e. The van der Waals surface area contributed by atoms with Crippen LogP contribution < -0.4 is 10.1 Å².